The van der Waals surface area contributed by atoms with Crippen molar-refractivity contribution in [3.8, 4) is 0 Å². The average molecular weight is 209 g/mol. The van der Waals surface area contributed by atoms with E-state index in [9.17, 15) is 4.79 Å². The van der Waals surface area contributed by atoms with Crippen molar-refractivity contribution < 1.29 is 14.6 Å². The molecule has 0 atom stereocenters. The third-order valence-electron chi connectivity index (χ3n) is 2.02. The molecule has 0 aliphatic carbocycles. The minimum Gasteiger partial charge on any atom is -0.392 e. The zero-order valence-corrected chi connectivity index (χ0v) is 8.69. The van der Waals surface area contributed by atoms with Crippen molar-refractivity contribution in [3.63, 3.8) is 0 Å². The maximum Gasteiger partial charge on any atom is 0.251 e. The lowest BCUT2D eigenvalue weighted by atomic mass is 10.1. The lowest BCUT2D eigenvalue weighted by Gasteiger charge is -2.07. The third kappa shape index (κ3) is 3.34. The van der Waals surface area contributed by atoms with Gasteiger partial charge in [-0.1, -0.05) is 18.2 Å². The molecule has 1 aromatic carbocycles. The van der Waals surface area contributed by atoms with Crippen LogP contribution in [-0.4, -0.2) is 31.3 Å². The number of nitrogens with one attached hydrogen (secondary N) is 1. The fourth-order valence-electron chi connectivity index (χ4n) is 1.24. The largest absolute Gasteiger partial charge is 0.392 e. The van der Waals surface area contributed by atoms with Crippen LogP contribution in [0.5, 0.6) is 0 Å². The summed E-state index contributed by atoms with van der Waals surface area (Å²) in [5.74, 6) is -0.184. The molecule has 0 saturated carbocycles. The Bertz CT molecular complexity index is 325. The molecule has 4 nitrogen and oxygen atoms in total. The van der Waals surface area contributed by atoms with Crippen molar-refractivity contribution in [2.45, 2.75) is 6.61 Å². The Labute approximate surface area is 88.9 Å². The first-order chi connectivity index (χ1) is 7.29. The van der Waals surface area contributed by atoms with Gasteiger partial charge in [0, 0.05) is 19.2 Å². The summed E-state index contributed by atoms with van der Waals surface area (Å²) in [6, 6.07) is 6.97. The molecule has 2 N–H and O–H groups in total. The third-order valence-corrected chi connectivity index (χ3v) is 2.02. The van der Waals surface area contributed by atoms with Gasteiger partial charge in [-0.25, -0.2) is 0 Å². The first kappa shape index (κ1) is 11.7. The molecule has 0 unspecified atom stereocenters. The van der Waals surface area contributed by atoms with Gasteiger partial charge < -0.3 is 15.2 Å². The number of benzene rings is 1. The van der Waals surface area contributed by atoms with Gasteiger partial charge in [-0.3, -0.25) is 4.79 Å². The van der Waals surface area contributed by atoms with Crippen LogP contribution in [0.2, 0.25) is 0 Å². The number of hydrogen-bond acceptors (Lipinski definition) is 3. The van der Waals surface area contributed by atoms with Crippen LogP contribution in [0.15, 0.2) is 24.3 Å². The number of carbonyl (C=O) groups excluding carboxylic acids is 1. The van der Waals surface area contributed by atoms with Gasteiger partial charge in [0.15, 0.2) is 0 Å². The van der Waals surface area contributed by atoms with Crippen LogP contribution < -0.4 is 5.32 Å². The number of rotatable bonds is 5. The van der Waals surface area contributed by atoms with Crippen LogP contribution in [0, 0.1) is 0 Å². The van der Waals surface area contributed by atoms with E-state index in [1.165, 1.54) is 0 Å². The van der Waals surface area contributed by atoms with Crippen molar-refractivity contribution in [1.82, 2.24) is 5.32 Å². The Hall–Kier alpha value is -1.39. The van der Waals surface area contributed by atoms with Gasteiger partial charge in [0.1, 0.15) is 0 Å². The van der Waals surface area contributed by atoms with E-state index in [1.54, 1.807) is 31.4 Å². The maximum absolute atomic E-state index is 11.6. The Kier molecular flexibility index (Phi) is 4.80. The Morgan fingerprint density at radius 1 is 1.47 bits per heavy atom. The second-order valence-corrected chi connectivity index (χ2v) is 3.06. The number of aliphatic hydroxyl groups excluding tert-OH is 1. The van der Waals surface area contributed by atoms with Crippen LogP contribution in [0.25, 0.3) is 0 Å². The van der Waals surface area contributed by atoms with E-state index in [4.69, 9.17) is 9.84 Å². The van der Waals surface area contributed by atoms with E-state index in [0.717, 1.165) is 0 Å². The fraction of sp³-hybridized carbons (Fsp3) is 0.364. The monoisotopic (exact) mass is 209 g/mol. The molecule has 0 saturated heterocycles. The molecule has 0 aromatic heterocycles. The molecule has 1 aromatic rings. The number of methoxy groups -OCH3 is 1. The first-order valence-electron chi connectivity index (χ1n) is 4.75. The van der Waals surface area contributed by atoms with Crippen molar-refractivity contribution in [2.75, 3.05) is 20.3 Å². The van der Waals surface area contributed by atoms with Gasteiger partial charge in [0.25, 0.3) is 5.91 Å². The number of carbonyl (C=O) groups is 1. The number of amides is 1. The fourth-order valence-corrected chi connectivity index (χ4v) is 1.24. The second kappa shape index (κ2) is 6.16. The highest BCUT2D eigenvalue weighted by molar-refractivity contribution is 5.95. The standard InChI is InChI=1S/C11H15NO3/c1-15-7-6-12-11(14)10-5-3-2-4-9(10)8-13/h2-5,13H,6-8H2,1H3,(H,12,14). The maximum atomic E-state index is 11.6. The molecule has 0 radical (unpaired) electrons. The van der Waals surface area contributed by atoms with Gasteiger partial charge in [-0.2, -0.15) is 0 Å². The molecule has 0 bridgehead atoms. The Morgan fingerprint density at radius 2 is 2.20 bits per heavy atom. The minimum atomic E-state index is -0.184. The van der Waals surface area contributed by atoms with Gasteiger partial charge >= 0.3 is 0 Å². The second-order valence-electron chi connectivity index (χ2n) is 3.06. The Morgan fingerprint density at radius 3 is 2.87 bits per heavy atom. The smallest absolute Gasteiger partial charge is 0.251 e. The zero-order valence-electron chi connectivity index (χ0n) is 8.69. The molecule has 0 aliphatic rings. The van der Waals surface area contributed by atoms with Gasteiger partial charge in [-0.15, -0.1) is 0 Å². The average Bonchev–Trinajstić information content (AvgIpc) is 2.29. The summed E-state index contributed by atoms with van der Waals surface area (Å²) in [5, 5.41) is 11.7. The number of aliphatic hydroxyl groups is 1. The molecule has 0 heterocycles. The van der Waals surface area contributed by atoms with Crippen LogP contribution in [-0.2, 0) is 11.3 Å². The van der Waals surface area contributed by atoms with Crippen molar-refractivity contribution in [3.05, 3.63) is 35.4 Å². The summed E-state index contributed by atoms with van der Waals surface area (Å²) in [6.07, 6.45) is 0. The summed E-state index contributed by atoms with van der Waals surface area (Å²) in [7, 11) is 1.58. The molecular formula is C11H15NO3. The highest BCUT2D eigenvalue weighted by Crippen LogP contribution is 2.07. The van der Waals surface area contributed by atoms with E-state index in [0.29, 0.717) is 24.3 Å². The lowest BCUT2D eigenvalue weighted by molar-refractivity contribution is 0.0934. The van der Waals surface area contributed by atoms with E-state index >= 15 is 0 Å². The molecule has 4 heteroatoms. The zero-order chi connectivity index (χ0) is 11.1. The summed E-state index contributed by atoms with van der Waals surface area (Å²) >= 11 is 0. The summed E-state index contributed by atoms with van der Waals surface area (Å²) < 4.78 is 4.82. The lowest BCUT2D eigenvalue weighted by Crippen LogP contribution is -2.27. The van der Waals surface area contributed by atoms with E-state index in [2.05, 4.69) is 5.32 Å². The Balaban J connectivity index is 2.64. The van der Waals surface area contributed by atoms with Crippen LogP contribution in [0.4, 0.5) is 0 Å². The molecule has 0 aliphatic heterocycles. The highest BCUT2D eigenvalue weighted by atomic mass is 16.5. The SMILES string of the molecule is COCCNC(=O)c1ccccc1CO. The predicted molar refractivity (Wildman–Crippen MR) is 56.6 cm³/mol. The molecule has 15 heavy (non-hydrogen) atoms. The van der Waals surface area contributed by atoms with Gasteiger partial charge in [0.05, 0.1) is 13.2 Å². The molecule has 1 amide bonds. The summed E-state index contributed by atoms with van der Waals surface area (Å²) in [6.45, 7) is 0.815. The van der Waals surface area contributed by atoms with Crippen molar-refractivity contribution >= 4 is 5.91 Å². The predicted octanol–water partition coefficient (Wildman–Crippen LogP) is 0.555. The number of ether oxygens (including phenoxy) is 1. The van der Waals surface area contributed by atoms with Gasteiger partial charge in [-0.05, 0) is 11.6 Å². The topological polar surface area (TPSA) is 58.6 Å². The van der Waals surface area contributed by atoms with Crippen LogP contribution in [0.3, 0.4) is 0 Å². The van der Waals surface area contributed by atoms with Crippen LogP contribution >= 0.6 is 0 Å². The molecule has 82 valence electrons. The summed E-state index contributed by atoms with van der Waals surface area (Å²) in [4.78, 5) is 11.6. The quantitative estimate of drug-likeness (QED) is 0.696. The molecular weight excluding hydrogens is 194 g/mol. The van der Waals surface area contributed by atoms with E-state index < -0.39 is 0 Å². The highest BCUT2D eigenvalue weighted by Gasteiger charge is 2.08. The minimum absolute atomic E-state index is 0.131. The van der Waals surface area contributed by atoms with E-state index in [1.807, 2.05) is 0 Å². The summed E-state index contributed by atoms with van der Waals surface area (Å²) in [5.41, 5.74) is 1.14. The molecule has 0 spiro atoms. The molecule has 1 rings (SSSR count). The van der Waals surface area contributed by atoms with E-state index in [-0.39, 0.29) is 12.5 Å². The van der Waals surface area contributed by atoms with Crippen LogP contribution in [0.1, 0.15) is 15.9 Å². The van der Waals surface area contributed by atoms with Crippen molar-refractivity contribution in [1.29, 1.82) is 0 Å². The van der Waals surface area contributed by atoms with Crippen molar-refractivity contribution in [2.24, 2.45) is 0 Å². The molecule has 0 fully saturated rings. The normalized spacial score (nSPS) is 10.0. The first-order valence-corrected chi connectivity index (χ1v) is 4.75. The number of hydrogen-bond donors (Lipinski definition) is 2. The van der Waals surface area contributed by atoms with Gasteiger partial charge in [0.2, 0.25) is 0 Å².